The molecule has 0 unspecified atom stereocenters. The van der Waals surface area contributed by atoms with Gasteiger partial charge in [-0.1, -0.05) is 32.0 Å². The van der Waals surface area contributed by atoms with Crippen LogP contribution in [0.3, 0.4) is 0 Å². The number of aliphatic hydroxyl groups is 1. The molecule has 1 aromatic heterocycles. The van der Waals surface area contributed by atoms with Crippen LogP contribution >= 0.6 is 0 Å². The molecular weight excluding hydrogens is 346 g/mol. The van der Waals surface area contributed by atoms with Crippen LogP contribution in [-0.2, 0) is 4.74 Å². The first-order valence-electron chi connectivity index (χ1n) is 9.26. The summed E-state index contributed by atoms with van der Waals surface area (Å²) in [7, 11) is 0. The van der Waals surface area contributed by atoms with Crippen molar-refractivity contribution in [1.29, 1.82) is 0 Å². The number of aromatic nitrogens is 2. The summed E-state index contributed by atoms with van der Waals surface area (Å²) in [5.74, 6) is -0.0327. The third-order valence-corrected chi connectivity index (χ3v) is 5.89. The van der Waals surface area contributed by atoms with E-state index in [0.29, 0.717) is 12.0 Å². The van der Waals surface area contributed by atoms with Gasteiger partial charge in [0.05, 0.1) is 11.7 Å². The Kier molecular flexibility index (Phi) is 4.36. The largest absolute Gasteiger partial charge is 0.390 e. The molecule has 2 bridgehead atoms. The summed E-state index contributed by atoms with van der Waals surface area (Å²) in [6, 6.07) is 10.3. The minimum absolute atomic E-state index is 0.144. The second kappa shape index (κ2) is 6.58. The first-order valence-corrected chi connectivity index (χ1v) is 9.26. The number of amides is 1. The number of benzene rings is 1. The smallest absolute Gasteiger partial charge is 0.351 e. The molecule has 2 fully saturated rings. The van der Waals surface area contributed by atoms with Crippen LogP contribution in [0.5, 0.6) is 0 Å². The number of hydrogen-bond acceptors (Lipinski definition) is 5. The van der Waals surface area contributed by atoms with Gasteiger partial charge in [0, 0.05) is 17.7 Å². The maximum atomic E-state index is 12.6. The van der Waals surface area contributed by atoms with E-state index in [0.717, 1.165) is 6.42 Å². The molecule has 142 valence electrons. The molecule has 1 aliphatic heterocycles. The van der Waals surface area contributed by atoms with Gasteiger partial charge >= 0.3 is 5.69 Å². The van der Waals surface area contributed by atoms with Crippen molar-refractivity contribution < 1.29 is 14.6 Å². The molecule has 4 rings (SSSR count). The van der Waals surface area contributed by atoms with E-state index in [4.69, 9.17) is 4.74 Å². The third kappa shape index (κ3) is 2.87. The summed E-state index contributed by atoms with van der Waals surface area (Å²) in [6.07, 6.45) is 1.93. The normalized spacial score (nSPS) is 31.8. The van der Waals surface area contributed by atoms with Crippen LogP contribution in [0.2, 0.25) is 0 Å². The molecule has 1 saturated heterocycles. The SMILES string of the molecule is CC[C@@]12C[C@H](C)[C@@H]([C@H](n3ccc(NC(=O)c4ccccc4)nc3=O)O1)[C@@H]2O. The standard InChI is InChI=1S/C20H23N3O4/c1-3-20-11-12(2)15(16(20)24)18(27-20)23-10-9-14(22-19(23)26)21-17(25)13-7-5-4-6-8-13/h4-10,12,15-16,18,24H,3,11H2,1-2H3,(H,21,22,25,26)/t12-,15+,16-,18+,20-/m0/s1. The van der Waals surface area contributed by atoms with Gasteiger partial charge in [0.1, 0.15) is 12.0 Å². The summed E-state index contributed by atoms with van der Waals surface area (Å²) >= 11 is 0. The summed E-state index contributed by atoms with van der Waals surface area (Å²) in [5, 5.41) is 13.3. The zero-order chi connectivity index (χ0) is 19.2. The highest BCUT2D eigenvalue weighted by molar-refractivity contribution is 6.03. The van der Waals surface area contributed by atoms with E-state index in [1.807, 2.05) is 13.0 Å². The molecule has 2 N–H and O–H groups in total. The van der Waals surface area contributed by atoms with Gasteiger partial charge in [-0.2, -0.15) is 4.98 Å². The lowest BCUT2D eigenvalue weighted by Gasteiger charge is -2.33. The molecule has 1 amide bonds. The van der Waals surface area contributed by atoms with Crippen molar-refractivity contribution in [3.8, 4) is 0 Å². The molecule has 1 aromatic carbocycles. The number of fused-ring (bicyclic) bond motifs is 2. The number of ether oxygens (including phenoxy) is 1. The molecule has 7 nitrogen and oxygen atoms in total. The van der Waals surface area contributed by atoms with Crippen molar-refractivity contribution in [2.24, 2.45) is 11.8 Å². The molecule has 2 aromatic rings. The summed E-state index contributed by atoms with van der Waals surface area (Å²) in [5.41, 5.74) is -0.611. The van der Waals surface area contributed by atoms with Crippen molar-refractivity contribution >= 4 is 11.7 Å². The first-order chi connectivity index (χ1) is 12.9. The van der Waals surface area contributed by atoms with E-state index in [1.165, 1.54) is 4.57 Å². The minimum atomic E-state index is -0.591. The number of carbonyl (C=O) groups is 1. The van der Waals surface area contributed by atoms with E-state index in [-0.39, 0.29) is 23.6 Å². The predicted octanol–water partition coefficient (Wildman–Crippen LogP) is 2.19. The van der Waals surface area contributed by atoms with Crippen LogP contribution in [0.1, 0.15) is 43.3 Å². The summed E-state index contributed by atoms with van der Waals surface area (Å²) < 4.78 is 7.54. The fourth-order valence-corrected chi connectivity index (χ4v) is 4.47. The maximum absolute atomic E-state index is 12.6. The Morgan fingerprint density at radius 2 is 2.11 bits per heavy atom. The monoisotopic (exact) mass is 369 g/mol. The van der Waals surface area contributed by atoms with Crippen LogP contribution in [0.4, 0.5) is 5.82 Å². The zero-order valence-electron chi connectivity index (χ0n) is 15.3. The molecule has 2 heterocycles. The van der Waals surface area contributed by atoms with Gasteiger partial charge in [0.15, 0.2) is 0 Å². The Labute approximate surface area is 157 Å². The van der Waals surface area contributed by atoms with Crippen LogP contribution in [0, 0.1) is 11.8 Å². The lowest BCUT2D eigenvalue weighted by atomic mass is 9.94. The molecule has 1 saturated carbocycles. The topological polar surface area (TPSA) is 93.5 Å². The van der Waals surface area contributed by atoms with Crippen LogP contribution in [-0.4, -0.2) is 32.3 Å². The Morgan fingerprint density at radius 1 is 1.37 bits per heavy atom. The molecule has 5 atom stereocenters. The fourth-order valence-electron chi connectivity index (χ4n) is 4.47. The Bertz CT molecular complexity index is 913. The minimum Gasteiger partial charge on any atom is -0.390 e. The highest BCUT2D eigenvalue weighted by Gasteiger charge is 2.62. The van der Waals surface area contributed by atoms with E-state index in [1.54, 1.807) is 36.5 Å². The molecule has 7 heteroatoms. The highest BCUT2D eigenvalue weighted by Crippen LogP contribution is 2.56. The zero-order valence-corrected chi connectivity index (χ0v) is 15.3. The average Bonchev–Trinajstić information content (AvgIpc) is 3.08. The Hall–Kier alpha value is -2.51. The predicted molar refractivity (Wildman–Crippen MR) is 99.3 cm³/mol. The van der Waals surface area contributed by atoms with Crippen molar-refractivity contribution in [3.05, 3.63) is 58.6 Å². The van der Waals surface area contributed by atoms with Crippen molar-refractivity contribution in [2.75, 3.05) is 5.32 Å². The molecule has 1 aliphatic carbocycles. The third-order valence-electron chi connectivity index (χ3n) is 5.89. The number of anilines is 1. The average molecular weight is 369 g/mol. The van der Waals surface area contributed by atoms with E-state index in [9.17, 15) is 14.7 Å². The van der Waals surface area contributed by atoms with E-state index in [2.05, 4.69) is 17.2 Å². The van der Waals surface area contributed by atoms with Gasteiger partial charge in [0.2, 0.25) is 0 Å². The van der Waals surface area contributed by atoms with Crippen LogP contribution in [0.25, 0.3) is 0 Å². The Morgan fingerprint density at radius 3 is 2.74 bits per heavy atom. The van der Waals surface area contributed by atoms with Gasteiger partial charge < -0.3 is 15.2 Å². The number of carbonyl (C=O) groups excluding carboxylic acids is 1. The second-order valence-corrected chi connectivity index (χ2v) is 7.45. The second-order valence-electron chi connectivity index (χ2n) is 7.45. The lowest BCUT2D eigenvalue weighted by molar-refractivity contribution is -0.131. The van der Waals surface area contributed by atoms with Crippen molar-refractivity contribution in [1.82, 2.24) is 9.55 Å². The molecule has 27 heavy (non-hydrogen) atoms. The van der Waals surface area contributed by atoms with Gasteiger partial charge in [-0.15, -0.1) is 0 Å². The first kappa shape index (κ1) is 17.9. The van der Waals surface area contributed by atoms with Gasteiger partial charge in [-0.25, -0.2) is 4.79 Å². The van der Waals surface area contributed by atoms with Crippen molar-refractivity contribution in [3.63, 3.8) is 0 Å². The summed E-state index contributed by atoms with van der Waals surface area (Å²) in [6.45, 7) is 4.07. The molecular formula is C20H23N3O4. The highest BCUT2D eigenvalue weighted by atomic mass is 16.6. The van der Waals surface area contributed by atoms with Gasteiger partial charge in [0.25, 0.3) is 5.91 Å². The molecule has 0 spiro atoms. The Balaban J connectivity index is 1.57. The lowest BCUT2D eigenvalue weighted by Crippen LogP contribution is -2.38. The number of hydrogen-bond donors (Lipinski definition) is 2. The number of aliphatic hydroxyl groups excluding tert-OH is 1. The molecule has 2 aliphatic rings. The maximum Gasteiger partial charge on any atom is 0.351 e. The fraction of sp³-hybridized carbons (Fsp3) is 0.450. The molecule has 0 radical (unpaired) electrons. The quantitative estimate of drug-likeness (QED) is 0.862. The van der Waals surface area contributed by atoms with E-state index < -0.39 is 23.6 Å². The van der Waals surface area contributed by atoms with Crippen molar-refractivity contribution in [2.45, 2.75) is 44.6 Å². The van der Waals surface area contributed by atoms with Crippen LogP contribution < -0.4 is 11.0 Å². The summed E-state index contributed by atoms with van der Waals surface area (Å²) in [4.78, 5) is 28.8. The van der Waals surface area contributed by atoms with Gasteiger partial charge in [-0.05, 0) is 37.0 Å². The number of nitrogens with zero attached hydrogens (tertiary/aromatic N) is 2. The van der Waals surface area contributed by atoms with Gasteiger partial charge in [-0.3, -0.25) is 9.36 Å². The number of nitrogens with one attached hydrogen (secondary N) is 1. The number of rotatable bonds is 4. The van der Waals surface area contributed by atoms with E-state index >= 15 is 0 Å². The van der Waals surface area contributed by atoms with Crippen LogP contribution in [0.15, 0.2) is 47.4 Å².